The molecule has 0 aromatic carbocycles. The minimum atomic E-state index is -0.775. The summed E-state index contributed by atoms with van der Waals surface area (Å²) in [7, 11) is 1.26. The van der Waals surface area contributed by atoms with Gasteiger partial charge in [-0.15, -0.1) is 0 Å². The lowest BCUT2D eigenvalue weighted by Gasteiger charge is -2.01. The summed E-state index contributed by atoms with van der Waals surface area (Å²) in [6, 6.07) is 1.47. The van der Waals surface area contributed by atoms with Crippen LogP contribution in [0.2, 0.25) is 5.02 Å². The summed E-state index contributed by atoms with van der Waals surface area (Å²) in [5.74, 6) is -1.24. The topological polar surface area (TPSA) is 39.2 Å². The number of carbonyl (C=O) groups is 1. The molecule has 0 saturated carbocycles. The minimum absolute atomic E-state index is 0.0469. The van der Waals surface area contributed by atoms with Crippen LogP contribution in [0.25, 0.3) is 0 Å². The molecule has 1 heterocycles. The van der Waals surface area contributed by atoms with Crippen LogP contribution in [0.1, 0.15) is 5.56 Å². The molecule has 0 saturated heterocycles. The average Bonchev–Trinajstić information content (AvgIpc) is 2.13. The first-order valence-electron chi connectivity index (χ1n) is 3.51. The summed E-state index contributed by atoms with van der Waals surface area (Å²) in [4.78, 5) is 14.1. The number of aromatic nitrogens is 1. The molecule has 13 heavy (non-hydrogen) atoms. The standard InChI is InChI=1S/C8H7ClFNO2/c1-13-6(12)4-5-2-3-11-8(10)7(5)9/h2-3H,4H2,1H3. The summed E-state index contributed by atoms with van der Waals surface area (Å²) in [6.45, 7) is 0. The summed E-state index contributed by atoms with van der Waals surface area (Å²) in [5, 5.41) is -0.132. The van der Waals surface area contributed by atoms with Gasteiger partial charge in [-0.1, -0.05) is 11.6 Å². The number of hydrogen-bond acceptors (Lipinski definition) is 3. The van der Waals surface area contributed by atoms with E-state index in [0.717, 1.165) is 0 Å². The van der Waals surface area contributed by atoms with Crippen molar-refractivity contribution in [2.45, 2.75) is 6.42 Å². The summed E-state index contributed by atoms with van der Waals surface area (Å²) in [6.07, 6.45) is 1.20. The predicted molar refractivity (Wildman–Crippen MR) is 44.9 cm³/mol. The molecule has 0 aliphatic heterocycles. The normalized spacial score (nSPS) is 9.77. The molecule has 0 spiro atoms. The molecule has 1 aromatic heterocycles. The first kappa shape index (κ1) is 9.92. The van der Waals surface area contributed by atoms with Gasteiger partial charge >= 0.3 is 5.97 Å². The highest BCUT2D eigenvalue weighted by Gasteiger charge is 2.10. The lowest BCUT2D eigenvalue weighted by atomic mass is 10.2. The van der Waals surface area contributed by atoms with E-state index in [1.807, 2.05) is 0 Å². The average molecular weight is 204 g/mol. The quantitative estimate of drug-likeness (QED) is 0.541. The molecular formula is C8H7ClFNO2. The van der Waals surface area contributed by atoms with Gasteiger partial charge in [-0.2, -0.15) is 4.39 Å². The van der Waals surface area contributed by atoms with Crippen molar-refractivity contribution in [3.05, 3.63) is 28.8 Å². The van der Waals surface area contributed by atoms with Gasteiger partial charge in [0.1, 0.15) is 0 Å². The van der Waals surface area contributed by atoms with Crippen molar-refractivity contribution in [1.29, 1.82) is 0 Å². The van der Waals surface area contributed by atoms with Crippen molar-refractivity contribution >= 4 is 17.6 Å². The number of ether oxygens (including phenoxy) is 1. The van der Waals surface area contributed by atoms with Crippen molar-refractivity contribution in [3.63, 3.8) is 0 Å². The Kier molecular flexibility index (Phi) is 3.19. The molecule has 0 bridgehead atoms. The Bertz CT molecular complexity index is 330. The van der Waals surface area contributed by atoms with Crippen molar-refractivity contribution in [2.24, 2.45) is 0 Å². The van der Waals surface area contributed by atoms with Gasteiger partial charge in [0.25, 0.3) is 0 Å². The second-order valence-corrected chi connectivity index (χ2v) is 2.71. The van der Waals surface area contributed by atoms with Crippen LogP contribution in [0.5, 0.6) is 0 Å². The van der Waals surface area contributed by atoms with Gasteiger partial charge in [0.05, 0.1) is 18.6 Å². The van der Waals surface area contributed by atoms with E-state index in [2.05, 4.69) is 9.72 Å². The Hall–Kier alpha value is -1.16. The van der Waals surface area contributed by atoms with Crippen molar-refractivity contribution in [2.75, 3.05) is 7.11 Å². The van der Waals surface area contributed by atoms with Gasteiger partial charge in [0, 0.05) is 6.20 Å². The molecule has 0 radical (unpaired) electrons. The van der Waals surface area contributed by atoms with E-state index in [9.17, 15) is 9.18 Å². The van der Waals surface area contributed by atoms with Gasteiger partial charge in [0.2, 0.25) is 5.95 Å². The Morgan fingerprint density at radius 2 is 2.46 bits per heavy atom. The third-order valence-corrected chi connectivity index (χ3v) is 1.89. The molecular weight excluding hydrogens is 197 g/mol. The van der Waals surface area contributed by atoms with Crippen LogP contribution in [-0.2, 0) is 16.0 Å². The molecule has 0 amide bonds. The van der Waals surface area contributed by atoms with Crippen LogP contribution in [0.15, 0.2) is 12.3 Å². The summed E-state index contributed by atoms with van der Waals surface area (Å²) < 4.78 is 17.1. The summed E-state index contributed by atoms with van der Waals surface area (Å²) >= 11 is 5.55. The highest BCUT2D eigenvalue weighted by atomic mass is 35.5. The third-order valence-electron chi connectivity index (χ3n) is 1.49. The maximum Gasteiger partial charge on any atom is 0.310 e. The molecule has 0 atom stereocenters. The fourth-order valence-corrected chi connectivity index (χ4v) is 0.998. The monoisotopic (exact) mass is 203 g/mol. The molecule has 3 nitrogen and oxygen atoms in total. The number of nitrogens with zero attached hydrogens (tertiary/aromatic N) is 1. The van der Waals surface area contributed by atoms with Gasteiger partial charge in [-0.3, -0.25) is 4.79 Å². The highest BCUT2D eigenvalue weighted by Crippen LogP contribution is 2.18. The van der Waals surface area contributed by atoms with Crippen molar-refractivity contribution < 1.29 is 13.9 Å². The predicted octanol–water partition coefficient (Wildman–Crippen LogP) is 1.59. The van der Waals surface area contributed by atoms with Crippen LogP contribution in [-0.4, -0.2) is 18.1 Å². The lowest BCUT2D eigenvalue weighted by Crippen LogP contribution is -2.05. The van der Waals surface area contributed by atoms with Crippen molar-refractivity contribution in [3.8, 4) is 0 Å². The van der Waals surface area contributed by atoms with Crippen LogP contribution in [0.4, 0.5) is 4.39 Å². The van der Waals surface area contributed by atoms with Gasteiger partial charge in [-0.05, 0) is 11.6 Å². The molecule has 0 aliphatic rings. The van der Waals surface area contributed by atoms with Crippen LogP contribution in [0.3, 0.4) is 0 Å². The Morgan fingerprint density at radius 3 is 3.08 bits per heavy atom. The van der Waals surface area contributed by atoms with E-state index in [1.54, 1.807) is 0 Å². The van der Waals surface area contributed by atoms with Crippen LogP contribution in [0, 0.1) is 5.95 Å². The zero-order valence-corrected chi connectivity index (χ0v) is 7.64. The zero-order valence-electron chi connectivity index (χ0n) is 6.88. The molecule has 1 aromatic rings. The Labute approximate surface area is 79.5 Å². The number of halogens is 2. The maximum atomic E-state index is 12.7. The second-order valence-electron chi connectivity index (χ2n) is 2.33. The molecule has 5 heteroatoms. The molecule has 0 fully saturated rings. The van der Waals surface area contributed by atoms with E-state index in [-0.39, 0.29) is 11.4 Å². The van der Waals surface area contributed by atoms with Crippen molar-refractivity contribution in [1.82, 2.24) is 4.98 Å². The number of hydrogen-bond donors (Lipinski definition) is 0. The van der Waals surface area contributed by atoms with E-state index in [4.69, 9.17) is 11.6 Å². The lowest BCUT2D eigenvalue weighted by molar-refractivity contribution is -0.139. The molecule has 0 N–H and O–H groups in total. The van der Waals surface area contributed by atoms with Crippen LogP contribution >= 0.6 is 11.6 Å². The first-order chi connectivity index (χ1) is 6.15. The SMILES string of the molecule is COC(=O)Cc1ccnc(F)c1Cl. The van der Waals surface area contributed by atoms with E-state index in [1.165, 1.54) is 19.4 Å². The van der Waals surface area contributed by atoms with Gasteiger partial charge in [0.15, 0.2) is 0 Å². The largest absolute Gasteiger partial charge is 0.469 e. The second kappa shape index (κ2) is 4.18. The minimum Gasteiger partial charge on any atom is -0.469 e. The number of pyridine rings is 1. The zero-order chi connectivity index (χ0) is 9.84. The smallest absolute Gasteiger partial charge is 0.310 e. The Balaban J connectivity index is 2.89. The van der Waals surface area contributed by atoms with E-state index in [0.29, 0.717) is 5.56 Å². The van der Waals surface area contributed by atoms with Gasteiger partial charge in [-0.25, -0.2) is 4.98 Å². The highest BCUT2D eigenvalue weighted by molar-refractivity contribution is 6.31. The van der Waals surface area contributed by atoms with Gasteiger partial charge < -0.3 is 4.74 Å². The fraction of sp³-hybridized carbons (Fsp3) is 0.250. The van der Waals surface area contributed by atoms with E-state index < -0.39 is 11.9 Å². The number of carbonyl (C=O) groups excluding carboxylic acids is 1. The fourth-order valence-electron chi connectivity index (χ4n) is 0.819. The molecule has 1 rings (SSSR count). The third kappa shape index (κ3) is 2.39. The molecule has 70 valence electrons. The summed E-state index contributed by atoms with van der Waals surface area (Å²) in [5.41, 5.74) is 0.376. The number of esters is 1. The Morgan fingerprint density at radius 1 is 1.77 bits per heavy atom. The first-order valence-corrected chi connectivity index (χ1v) is 3.88. The van der Waals surface area contributed by atoms with E-state index >= 15 is 0 Å². The number of methoxy groups -OCH3 is 1. The molecule has 0 unspecified atom stereocenters. The van der Waals surface area contributed by atoms with Crippen LogP contribution < -0.4 is 0 Å². The molecule has 0 aliphatic carbocycles. The number of rotatable bonds is 2. The maximum absolute atomic E-state index is 12.7.